The van der Waals surface area contributed by atoms with Gasteiger partial charge < -0.3 is 14.8 Å². The highest BCUT2D eigenvalue weighted by molar-refractivity contribution is 5.75. The van der Waals surface area contributed by atoms with Crippen molar-refractivity contribution in [3.8, 4) is 0 Å². The van der Waals surface area contributed by atoms with Crippen LogP contribution in [-0.4, -0.2) is 63.4 Å². The average Bonchev–Trinajstić information content (AvgIpc) is 2.37. The summed E-state index contributed by atoms with van der Waals surface area (Å²) in [4.78, 5) is 13.9. The van der Waals surface area contributed by atoms with Crippen LogP contribution in [-0.2, 0) is 14.3 Å². The van der Waals surface area contributed by atoms with Gasteiger partial charge in [-0.1, -0.05) is 13.8 Å². The van der Waals surface area contributed by atoms with Crippen LogP contribution in [0.25, 0.3) is 0 Å². The number of rotatable bonds is 10. The number of nitrogens with zero attached hydrogens (tertiary/aromatic N) is 1. The lowest BCUT2D eigenvalue weighted by atomic mass is 10.1. The van der Waals surface area contributed by atoms with Gasteiger partial charge in [-0.15, -0.1) is 0 Å². The zero-order valence-electron chi connectivity index (χ0n) is 12.4. The molecule has 0 spiro atoms. The van der Waals surface area contributed by atoms with Crippen molar-refractivity contribution in [3.05, 3.63) is 0 Å². The number of hydrogen-bond acceptors (Lipinski definition) is 5. The third-order valence-corrected chi connectivity index (χ3v) is 3.08. The average molecular weight is 260 g/mol. The molecule has 0 aliphatic heterocycles. The summed E-state index contributed by atoms with van der Waals surface area (Å²) in [6.07, 6.45) is 0.752. The zero-order valence-corrected chi connectivity index (χ0v) is 12.4. The molecular formula is C13H28N2O3. The van der Waals surface area contributed by atoms with E-state index < -0.39 is 0 Å². The first-order valence-electron chi connectivity index (χ1n) is 6.64. The highest BCUT2D eigenvalue weighted by Gasteiger charge is 2.20. The molecular weight excluding hydrogens is 232 g/mol. The minimum absolute atomic E-state index is 0.188. The van der Waals surface area contributed by atoms with Crippen molar-refractivity contribution in [2.45, 2.75) is 39.3 Å². The fraction of sp³-hybridized carbons (Fsp3) is 0.923. The summed E-state index contributed by atoms with van der Waals surface area (Å²) in [5.41, 5.74) is 0. The first kappa shape index (κ1) is 17.4. The molecule has 0 saturated heterocycles. The zero-order chi connectivity index (χ0) is 14.0. The predicted molar refractivity (Wildman–Crippen MR) is 72.7 cm³/mol. The van der Waals surface area contributed by atoms with E-state index in [9.17, 15) is 4.79 Å². The molecule has 0 amide bonds. The summed E-state index contributed by atoms with van der Waals surface area (Å²) in [6, 6.07) is 0.142. The Morgan fingerprint density at radius 2 is 2.00 bits per heavy atom. The predicted octanol–water partition coefficient (Wildman–Crippen LogP) is 0.884. The van der Waals surface area contributed by atoms with Gasteiger partial charge in [-0.2, -0.15) is 0 Å². The molecule has 2 atom stereocenters. The summed E-state index contributed by atoms with van der Waals surface area (Å²) >= 11 is 0. The van der Waals surface area contributed by atoms with Crippen LogP contribution in [0.3, 0.4) is 0 Å². The smallest absolute Gasteiger partial charge is 0.322 e. The maximum atomic E-state index is 11.6. The molecule has 1 N–H and O–H groups in total. The number of hydrogen-bond donors (Lipinski definition) is 1. The van der Waals surface area contributed by atoms with Crippen molar-refractivity contribution < 1.29 is 14.3 Å². The molecule has 2 unspecified atom stereocenters. The number of esters is 1. The van der Waals surface area contributed by atoms with Gasteiger partial charge in [0, 0.05) is 19.7 Å². The lowest BCUT2D eigenvalue weighted by Crippen LogP contribution is -2.43. The molecule has 0 aliphatic rings. The Morgan fingerprint density at radius 1 is 1.33 bits per heavy atom. The van der Waals surface area contributed by atoms with Gasteiger partial charge in [-0.25, -0.2) is 0 Å². The fourth-order valence-corrected chi connectivity index (χ4v) is 2.02. The monoisotopic (exact) mass is 260 g/mol. The molecule has 0 aromatic rings. The normalized spacial score (nSPS) is 14.6. The topological polar surface area (TPSA) is 50.8 Å². The molecule has 5 nitrogen and oxygen atoms in total. The lowest BCUT2D eigenvalue weighted by molar-refractivity contribution is -0.143. The van der Waals surface area contributed by atoms with Crippen LogP contribution in [0.2, 0.25) is 0 Å². The van der Waals surface area contributed by atoms with Gasteiger partial charge in [0.1, 0.15) is 6.04 Å². The number of carbonyl (C=O) groups is 1. The standard InChI is InChI=1S/C13H28N2O3/c1-6-14-12(13(16)18-5)8-9-15(7-2)11(3)10-17-4/h11-12,14H,6-10H2,1-5H3. The second-order valence-electron chi connectivity index (χ2n) is 4.36. The van der Waals surface area contributed by atoms with Gasteiger partial charge >= 0.3 is 5.97 Å². The maximum absolute atomic E-state index is 11.6. The molecule has 0 saturated carbocycles. The van der Waals surface area contributed by atoms with E-state index in [1.807, 2.05) is 6.92 Å². The highest BCUT2D eigenvalue weighted by atomic mass is 16.5. The van der Waals surface area contributed by atoms with E-state index in [0.717, 1.165) is 26.1 Å². The minimum Gasteiger partial charge on any atom is -0.468 e. The first-order valence-corrected chi connectivity index (χ1v) is 6.64. The van der Waals surface area contributed by atoms with Crippen molar-refractivity contribution in [1.82, 2.24) is 10.2 Å². The Labute approximate surface area is 111 Å². The van der Waals surface area contributed by atoms with Gasteiger partial charge in [-0.3, -0.25) is 9.69 Å². The van der Waals surface area contributed by atoms with Gasteiger partial charge in [0.15, 0.2) is 0 Å². The largest absolute Gasteiger partial charge is 0.468 e. The molecule has 0 bridgehead atoms. The van der Waals surface area contributed by atoms with E-state index in [-0.39, 0.29) is 12.0 Å². The summed E-state index contributed by atoms with van der Waals surface area (Å²) in [6.45, 7) is 9.51. The third-order valence-electron chi connectivity index (χ3n) is 3.08. The van der Waals surface area contributed by atoms with Crippen LogP contribution < -0.4 is 5.32 Å². The van der Waals surface area contributed by atoms with Crippen LogP contribution in [0.4, 0.5) is 0 Å². The number of likely N-dealkylation sites (N-methyl/N-ethyl adjacent to an activating group) is 2. The van der Waals surface area contributed by atoms with Crippen molar-refractivity contribution in [2.75, 3.05) is 40.5 Å². The molecule has 0 aliphatic carbocycles. The van der Waals surface area contributed by atoms with Crippen molar-refractivity contribution in [1.29, 1.82) is 0 Å². The maximum Gasteiger partial charge on any atom is 0.322 e. The summed E-state index contributed by atoms with van der Waals surface area (Å²) in [5.74, 6) is -0.188. The SMILES string of the molecule is CCNC(CCN(CC)C(C)COC)C(=O)OC. The van der Waals surface area contributed by atoms with Crippen molar-refractivity contribution >= 4 is 5.97 Å². The van der Waals surface area contributed by atoms with Crippen LogP contribution in [0.5, 0.6) is 0 Å². The van der Waals surface area contributed by atoms with Gasteiger partial charge in [-0.05, 0) is 26.4 Å². The van der Waals surface area contributed by atoms with E-state index in [4.69, 9.17) is 9.47 Å². The fourth-order valence-electron chi connectivity index (χ4n) is 2.02. The first-order chi connectivity index (χ1) is 8.60. The molecule has 108 valence electrons. The third kappa shape index (κ3) is 6.33. The summed E-state index contributed by atoms with van der Waals surface area (Å²) in [5, 5.41) is 3.15. The van der Waals surface area contributed by atoms with Crippen molar-refractivity contribution in [3.63, 3.8) is 0 Å². The van der Waals surface area contributed by atoms with Crippen molar-refractivity contribution in [2.24, 2.45) is 0 Å². The van der Waals surface area contributed by atoms with Gasteiger partial charge in [0.05, 0.1) is 13.7 Å². The van der Waals surface area contributed by atoms with Crippen LogP contribution in [0, 0.1) is 0 Å². The molecule has 5 heteroatoms. The van der Waals surface area contributed by atoms with E-state index in [0.29, 0.717) is 12.6 Å². The number of carbonyl (C=O) groups excluding carboxylic acids is 1. The van der Waals surface area contributed by atoms with Gasteiger partial charge in [0.25, 0.3) is 0 Å². The second-order valence-corrected chi connectivity index (χ2v) is 4.36. The lowest BCUT2D eigenvalue weighted by Gasteiger charge is -2.28. The Balaban J connectivity index is 4.24. The number of nitrogens with one attached hydrogen (secondary N) is 1. The molecule has 0 rings (SSSR count). The van der Waals surface area contributed by atoms with E-state index in [1.54, 1.807) is 7.11 Å². The van der Waals surface area contributed by atoms with Crippen LogP contribution >= 0.6 is 0 Å². The van der Waals surface area contributed by atoms with Gasteiger partial charge in [0.2, 0.25) is 0 Å². The number of methoxy groups -OCH3 is 2. The minimum atomic E-state index is -0.219. The molecule has 18 heavy (non-hydrogen) atoms. The molecule has 0 fully saturated rings. The summed E-state index contributed by atoms with van der Waals surface area (Å²) < 4.78 is 9.95. The Bertz CT molecular complexity index is 224. The van der Waals surface area contributed by atoms with E-state index in [2.05, 4.69) is 24.1 Å². The quantitative estimate of drug-likeness (QED) is 0.591. The molecule has 0 heterocycles. The number of ether oxygens (including phenoxy) is 2. The Kier molecular flexibility index (Phi) is 9.92. The Hall–Kier alpha value is -0.650. The van der Waals surface area contributed by atoms with E-state index >= 15 is 0 Å². The molecule has 0 aromatic heterocycles. The second kappa shape index (κ2) is 10.3. The van der Waals surface area contributed by atoms with Crippen LogP contribution in [0.1, 0.15) is 27.2 Å². The summed E-state index contributed by atoms with van der Waals surface area (Å²) in [7, 11) is 3.14. The van der Waals surface area contributed by atoms with Crippen LogP contribution in [0.15, 0.2) is 0 Å². The molecule has 0 aromatic carbocycles. The van der Waals surface area contributed by atoms with E-state index in [1.165, 1.54) is 7.11 Å². The molecule has 0 radical (unpaired) electrons. The Morgan fingerprint density at radius 3 is 2.44 bits per heavy atom. The highest BCUT2D eigenvalue weighted by Crippen LogP contribution is 2.04.